The molecule has 2 saturated carbocycles. The predicted octanol–water partition coefficient (Wildman–Crippen LogP) is 3.75. The lowest BCUT2D eigenvalue weighted by Crippen LogP contribution is -2.00. The van der Waals surface area contributed by atoms with Gasteiger partial charge in [0.25, 0.3) is 0 Å². The van der Waals surface area contributed by atoms with Crippen molar-refractivity contribution < 1.29 is 9.26 Å². The molecule has 0 amide bonds. The van der Waals surface area contributed by atoms with E-state index in [1.165, 1.54) is 24.8 Å². The Hall–Kier alpha value is -1.97. The maximum atomic E-state index is 6.08. The highest BCUT2D eigenvalue weighted by Gasteiger charge is 2.47. The standard InChI is InChI=1S/C17H20N2O2/c1-9-3-4-14(20-2)13(5-9)15-16(19-21-17(15)18)12-7-10-6-11(10)8-12/h3-5,10-12H,6-8,18H2,1-2H3. The van der Waals surface area contributed by atoms with Gasteiger partial charge in [-0.2, -0.15) is 0 Å². The fourth-order valence-corrected chi connectivity index (χ4v) is 3.82. The van der Waals surface area contributed by atoms with Crippen molar-refractivity contribution in [3.05, 3.63) is 29.5 Å². The molecule has 4 rings (SSSR count). The van der Waals surface area contributed by atoms with Crippen LogP contribution in [-0.2, 0) is 0 Å². The van der Waals surface area contributed by atoms with Crippen LogP contribution in [-0.4, -0.2) is 12.3 Å². The van der Waals surface area contributed by atoms with Crippen molar-refractivity contribution in [2.75, 3.05) is 12.8 Å². The smallest absolute Gasteiger partial charge is 0.230 e. The van der Waals surface area contributed by atoms with Crippen LogP contribution in [0.2, 0.25) is 0 Å². The normalized spacial score (nSPS) is 26.7. The predicted molar refractivity (Wildman–Crippen MR) is 81.2 cm³/mol. The van der Waals surface area contributed by atoms with Crippen molar-refractivity contribution >= 4 is 5.88 Å². The third-order valence-electron chi connectivity index (χ3n) is 5.00. The first-order chi connectivity index (χ1) is 10.2. The van der Waals surface area contributed by atoms with Gasteiger partial charge in [-0.25, -0.2) is 0 Å². The van der Waals surface area contributed by atoms with Gasteiger partial charge in [-0.05, 0) is 50.2 Å². The second-order valence-electron chi connectivity index (χ2n) is 6.43. The Morgan fingerprint density at radius 1 is 1.24 bits per heavy atom. The fraction of sp³-hybridized carbons (Fsp3) is 0.471. The first kappa shape index (κ1) is 12.7. The summed E-state index contributed by atoms with van der Waals surface area (Å²) in [7, 11) is 1.68. The molecule has 110 valence electrons. The molecule has 2 unspecified atom stereocenters. The lowest BCUT2D eigenvalue weighted by Gasteiger charge is -2.13. The van der Waals surface area contributed by atoms with E-state index in [0.717, 1.165) is 34.4 Å². The fourth-order valence-electron chi connectivity index (χ4n) is 3.82. The number of aromatic nitrogens is 1. The Labute approximate surface area is 124 Å². The SMILES string of the molecule is COc1ccc(C)cc1-c1c(C2CC3CC3C2)noc1N. The highest BCUT2D eigenvalue weighted by Crippen LogP contribution is 2.58. The van der Waals surface area contributed by atoms with Gasteiger partial charge < -0.3 is 15.0 Å². The molecule has 2 N–H and O–H groups in total. The summed E-state index contributed by atoms with van der Waals surface area (Å²) in [5.41, 5.74) is 10.2. The van der Waals surface area contributed by atoms with E-state index in [4.69, 9.17) is 15.0 Å². The third kappa shape index (κ3) is 2.01. The summed E-state index contributed by atoms with van der Waals surface area (Å²) in [6.45, 7) is 2.07. The van der Waals surface area contributed by atoms with Gasteiger partial charge >= 0.3 is 0 Å². The molecule has 2 aliphatic rings. The lowest BCUT2D eigenvalue weighted by molar-refractivity contribution is 0.415. The van der Waals surface area contributed by atoms with Crippen molar-refractivity contribution in [1.82, 2.24) is 5.16 Å². The first-order valence-corrected chi connectivity index (χ1v) is 7.57. The third-order valence-corrected chi connectivity index (χ3v) is 5.00. The number of rotatable bonds is 3. The molecular formula is C17H20N2O2. The quantitative estimate of drug-likeness (QED) is 0.932. The van der Waals surface area contributed by atoms with Crippen molar-refractivity contribution in [2.24, 2.45) is 11.8 Å². The van der Waals surface area contributed by atoms with Crippen LogP contribution in [0.1, 0.15) is 36.4 Å². The molecule has 0 aliphatic heterocycles. The van der Waals surface area contributed by atoms with Crippen LogP contribution in [0, 0.1) is 18.8 Å². The van der Waals surface area contributed by atoms with Crippen LogP contribution < -0.4 is 10.5 Å². The number of hydrogen-bond donors (Lipinski definition) is 1. The van der Waals surface area contributed by atoms with Crippen LogP contribution in [0.4, 0.5) is 5.88 Å². The lowest BCUT2D eigenvalue weighted by atomic mass is 9.92. The van der Waals surface area contributed by atoms with Crippen LogP contribution in [0.3, 0.4) is 0 Å². The minimum Gasteiger partial charge on any atom is -0.496 e. The molecule has 0 saturated heterocycles. The molecule has 21 heavy (non-hydrogen) atoms. The van der Waals surface area contributed by atoms with E-state index in [-0.39, 0.29) is 0 Å². The molecule has 1 aromatic carbocycles. The van der Waals surface area contributed by atoms with E-state index in [0.29, 0.717) is 11.8 Å². The van der Waals surface area contributed by atoms with Crippen molar-refractivity contribution in [1.29, 1.82) is 0 Å². The van der Waals surface area contributed by atoms with Crippen LogP contribution in [0.25, 0.3) is 11.1 Å². The van der Waals surface area contributed by atoms with E-state index >= 15 is 0 Å². The van der Waals surface area contributed by atoms with Crippen LogP contribution >= 0.6 is 0 Å². The molecular weight excluding hydrogens is 264 g/mol. The van der Waals surface area contributed by atoms with Gasteiger partial charge in [0.1, 0.15) is 5.75 Å². The van der Waals surface area contributed by atoms with E-state index < -0.39 is 0 Å². The molecule has 1 heterocycles. The summed E-state index contributed by atoms with van der Waals surface area (Å²) in [6.07, 6.45) is 3.84. The summed E-state index contributed by atoms with van der Waals surface area (Å²) in [6, 6.07) is 6.12. The van der Waals surface area contributed by atoms with Gasteiger partial charge in [0.2, 0.25) is 5.88 Å². The number of nitrogen functional groups attached to an aromatic ring is 1. The highest BCUT2D eigenvalue weighted by atomic mass is 16.5. The zero-order chi connectivity index (χ0) is 14.6. The number of fused-ring (bicyclic) bond motifs is 1. The minimum absolute atomic E-state index is 0.398. The Kier molecular flexibility index (Phi) is 2.74. The molecule has 2 fully saturated rings. The second kappa shape index (κ2) is 4.52. The summed E-state index contributed by atoms with van der Waals surface area (Å²) >= 11 is 0. The molecule has 0 bridgehead atoms. The molecule has 2 aromatic rings. The maximum absolute atomic E-state index is 6.08. The average molecular weight is 284 g/mol. The van der Waals surface area contributed by atoms with Gasteiger partial charge in [0.05, 0.1) is 18.4 Å². The molecule has 0 spiro atoms. The van der Waals surface area contributed by atoms with Crippen molar-refractivity contribution in [2.45, 2.75) is 32.1 Å². The Morgan fingerprint density at radius 3 is 2.71 bits per heavy atom. The number of hydrogen-bond acceptors (Lipinski definition) is 4. The molecule has 2 atom stereocenters. The van der Waals surface area contributed by atoms with Crippen LogP contribution in [0.5, 0.6) is 5.75 Å². The van der Waals surface area contributed by atoms with Gasteiger partial charge in [-0.15, -0.1) is 0 Å². The number of nitrogens with zero attached hydrogens (tertiary/aromatic N) is 1. The molecule has 2 aliphatic carbocycles. The summed E-state index contributed by atoms with van der Waals surface area (Å²) in [4.78, 5) is 0. The Balaban J connectivity index is 1.81. The highest BCUT2D eigenvalue weighted by molar-refractivity contribution is 5.80. The van der Waals surface area contributed by atoms with Gasteiger partial charge in [0.15, 0.2) is 0 Å². The number of ether oxygens (including phenoxy) is 1. The van der Waals surface area contributed by atoms with E-state index in [1.54, 1.807) is 7.11 Å². The van der Waals surface area contributed by atoms with Gasteiger partial charge in [-0.3, -0.25) is 0 Å². The zero-order valence-corrected chi connectivity index (χ0v) is 12.4. The maximum Gasteiger partial charge on any atom is 0.230 e. The summed E-state index contributed by atoms with van der Waals surface area (Å²) in [5.74, 6) is 3.50. The molecule has 4 heteroatoms. The molecule has 4 nitrogen and oxygen atoms in total. The minimum atomic E-state index is 0.398. The van der Waals surface area contributed by atoms with Gasteiger partial charge in [0, 0.05) is 11.5 Å². The number of benzene rings is 1. The first-order valence-electron chi connectivity index (χ1n) is 7.57. The Bertz CT molecular complexity index is 682. The largest absolute Gasteiger partial charge is 0.496 e. The van der Waals surface area contributed by atoms with E-state index in [9.17, 15) is 0 Å². The van der Waals surface area contributed by atoms with E-state index in [1.807, 2.05) is 12.1 Å². The number of anilines is 1. The number of methoxy groups -OCH3 is 1. The molecule has 1 aromatic heterocycles. The number of nitrogens with two attached hydrogens (primary N) is 1. The summed E-state index contributed by atoms with van der Waals surface area (Å²) < 4.78 is 10.8. The van der Waals surface area contributed by atoms with Crippen molar-refractivity contribution in [3.63, 3.8) is 0 Å². The summed E-state index contributed by atoms with van der Waals surface area (Å²) in [5, 5.41) is 4.28. The van der Waals surface area contributed by atoms with E-state index in [2.05, 4.69) is 18.1 Å². The van der Waals surface area contributed by atoms with Gasteiger partial charge in [-0.1, -0.05) is 16.8 Å². The average Bonchev–Trinajstić information content (AvgIpc) is 2.92. The second-order valence-corrected chi connectivity index (χ2v) is 6.43. The molecule has 0 radical (unpaired) electrons. The monoisotopic (exact) mass is 284 g/mol. The topological polar surface area (TPSA) is 61.3 Å². The Morgan fingerprint density at radius 2 is 2.00 bits per heavy atom. The van der Waals surface area contributed by atoms with Crippen LogP contribution in [0.15, 0.2) is 22.7 Å². The van der Waals surface area contributed by atoms with Crippen molar-refractivity contribution in [3.8, 4) is 16.9 Å². The zero-order valence-electron chi connectivity index (χ0n) is 12.4. The number of aryl methyl sites for hydroxylation is 1.